The van der Waals surface area contributed by atoms with Crippen LogP contribution in [0.1, 0.15) is 18.4 Å². The van der Waals surface area contributed by atoms with E-state index < -0.39 is 42.6 Å². The molecular weight excluding hydrogens is 398 g/mol. The standard InChI is InChI=1S/C21H22F2N2O5/c1-14-4-7-16(8-5-14)29-10-2-3-21(28)30-13-20(27)24-12-19(26)25-15-6-9-17(22)18(23)11-15/h4-9,11H,2-3,10,12-13H2,1H3,(H,24,27)(H,25,26). The number of esters is 1. The van der Waals surface area contributed by atoms with Gasteiger partial charge in [0.25, 0.3) is 5.91 Å². The van der Waals surface area contributed by atoms with Gasteiger partial charge in [-0.15, -0.1) is 0 Å². The van der Waals surface area contributed by atoms with Gasteiger partial charge >= 0.3 is 5.97 Å². The van der Waals surface area contributed by atoms with E-state index in [0.29, 0.717) is 18.8 Å². The first-order valence-corrected chi connectivity index (χ1v) is 9.20. The van der Waals surface area contributed by atoms with Crippen LogP contribution in [-0.4, -0.2) is 37.5 Å². The zero-order chi connectivity index (χ0) is 21.9. The molecule has 2 N–H and O–H groups in total. The predicted molar refractivity (Wildman–Crippen MR) is 105 cm³/mol. The van der Waals surface area contributed by atoms with Crippen molar-refractivity contribution in [3.63, 3.8) is 0 Å². The Morgan fingerprint density at radius 2 is 1.70 bits per heavy atom. The summed E-state index contributed by atoms with van der Waals surface area (Å²) in [6, 6.07) is 10.4. The monoisotopic (exact) mass is 420 g/mol. The number of benzene rings is 2. The van der Waals surface area contributed by atoms with Gasteiger partial charge < -0.3 is 20.1 Å². The highest BCUT2D eigenvalue weighted by molar-refractivity contribution is 5.94. The number of carbonyl (C=O) groups excluding carboxylic acids is 3. The lowest BCUT2D eigenvalue weighted by molar-refractivity contribution is -0.148. The van der Waals surface area contributed by atoms with Gasteiger partial charge in [-0.05, 0) is 37.6 Å². The molecule has 0 aliphatic carbocycles. The zero-order valence-electron chi connectivity index (χ0n) is 16.4. The number of rotatable bonds is 10. The second kappa shape index (κ2) is 11.5. The van der Waals surface area contributed by atoms with Crippen molar-refractivity contribution in [2.45, 2.75) is 19.8 Å². The van der Waals surface area contributed by atoms with E-state index in [4.69, 9.17) is 9.47 Å². The van der Waals surface area contributed by atoms with Crippen LogP contribution >= 0.6 is 0 Å². The van der Waals surface area contributed by atoms with Gasteiger partial charge in [-0.2, -0.15) is 0 Å². The number of amides is 2. The van der Waals surface area contributed by atoms with Gasteiger partial charge in [-0.1, -0.05) is 17.7 Å². The van der Waals surface area contributed by atoms with Crippen LogP contribution in [0.15, 0.2) is 42.5 Å². The molecule has 0 aromatic heterocycles. The summed E-state index contributed by atoms with van der Waals surface area (Å²) in [4.78, 5) is 35.0. The van der Waals surface area contributed by atoms with Crippen LogP contribution < -0.4 is 15.4 Å². The number of carbonyl (C=O) groups is 3. The van der Waals surface area contributed by atoms with E-state index in [-0.39, 0.29) is 12.1 Å². The van der Waals surface area contributed by atoms with Gasteiger partial charge in [-0.25, -0.2) is 8.78 Å². The van der Waals surface area contributed by atoms with E-state index in [1.807, 2.05) is 31.2 Å². The van der Waals surface area contributed by atoms with Crippen molar-refractivity contribution in [3.8, 4) is 5.75 Å². The smallest absolute Gasteiger partial charge is 0.306 e. The van der Waals surface area contributed by atoms with E-state index in [2.05, 4.69) is 10.6 Å². The Labute approximate surface area is 172 Å². The third-order valence-electron chi connectivity index (χ3n) is 3.83. The third-order valence-corrected chi connectivity index (χ3v) is 3.83. The van der Waals surface area contributed by atoms with Crippen molar-refractivity contribution >= 4 is 23.5 Å². The molecule has 30 heavy (non-hydrogen) atoms. The lowest BCUT2D eigenvalue weighted by atomic mass is 10.2. The maximum absolute atomic E-state index is 13.1. The van der Waals surface area contributed by atoms with E-state index in [0.717, 1.165) is 17.7 Å². The summed E-state index contributed by atoms with van der Waals surface area (Å²) in [5.74, 6) is -3.31. The molecule has 9 heteroatoms. The van der Waals surface area contributed by atoms with Gasteiger partial charge in [0.15, 0.2) is 18.2 Å². The molecule has 2 aromatic carbocycles. The normalized spacial score (nSPS) is 10.2. The summed E-state index contributed by atoms with van der Waals surface area (Å²) in [7, 11) is 0. The van der Waals surface area contributed by atoms with Crippen molar-refractivity contribution in [3.05, 3.63) is 59.7 Å². The Hall–Kier alpha value is -3.49. The minimum absolute atomic E-state index is 0.0485. The fourth-order valence-corrected chi connectivity index (χ4v) is 2.27. The first-order valence-electron chi connectivity index (χ1n) is 9.20. The summed E-state index contributed by atoms with van der Waals surface area (Å²) < 4.78 is 36.2. The van der Waals surface area contributed by atoms with Gasteiger partial charge in [0.05, 0.1) is 13.2 Å². The Balaban J connectivity index is 1.57. The number of hydrogen-bond donors (Lipinski definition) is 2. The second-order valence-electron chi connectivity index (χ2n) is 6.38. The van der Waals surface area contributed by atoms with E-state index in [1.165, 1.54) is 6.07 Å². The topological polar surface area (TPSA) is 93.7 Å². The molecular formula is C21H22F2N2O5. The average molecular weight is 420 g/mol. The summed E-state index contributed by atoms with van der Waals surface area (Å²) in [6.07, 6.45) is 0.501. The molecule has 0 fully saturated rings. The van der Waals surface area contributed by atoms with Gasteiger partial charge in [-0.3, -0.25) is 14.4 Å². The number of hydrogen-bond acceptors (Lipinski definition) is 5. The first-order chi connectivity index (χ1) is 14.3. The summed E-state index contributed by atoms with van der Waals surface area (Å²) >= 11 is 0. The number of aryl methyl sites for hydroxylation is 1. The molecule has 2 aromatic rings. The van der Waals surface area contributed by atoms with Crippen molar-refractivity contribution < 1.29 is 32.6 Å². The van der Waals surface area contributed by atoms with Crippen molar-refractivity contribution in [1.29, 1.82) is 0 Å². The molecule has 2 rings (SSSR count). The molecule has 0 unspecified atom stereocenters. The summed E-state index contributed by atoms with van der Waals surface area (Å²) in [6.45, 7) is 1.35. The number of nitrogens with one attached hydrogen (secondary N) is 2. The largest absolute Gasteiger partial charge is 0.494 e. The molecule has 0 atom stereocenters. The maximum atomic E-state index is 13.1. The van der Waals surface area contributed by atoms with Crippen molar-refractivity contribution in [2.24, 2.45) is 0 Å². The van der Waals surface area contributed by atoms with Crippen LogP contribution in [0.4, 0.5) is 14.5 Å². The zero-order valence-corrected chi connectivity index (χ0v) is 16.4. The van der Waals surface area contributed by atoms with Gasteiger partial charge in [0, 0.05) is 18.2 Å². The van der Waals surface area contributed by atoms with E-state index >= 15 is 0 Å². The van der Waals surface area contributed by atoms with Crippen LogP contribution in [-0.2, 0) is 19.1 Å². The van der Waals surface area contributed by atoms with Crippen LogP contribution in [0.2, 0.25) is 0 Å². The fourth-order valence-electron chi connectivity index (χ4n) is 2.27. The number of ether oxygens (including phenoxy) is 2. The second-order valence-corrected chi connectivity index (χ2v) is 6.38. The van der Waals surface area contributed by atoms with E-state index in [9.17, 15) is 23.2 Å². The highest BCUT2D eigenvalue weighted by Gasteiger charge is 2.10. The number of halogens is 2. The van der Waals surface area contributed by atoms with Gasteiger partial charge in [0.2, 0.25) is 5.91 Å². The number of anilines is 1. The molecule has 0 heterocycles. The minimum Gasteiger partial charge on any atom is -0.494 e. The Kier molecular flexibility index (Phi) is 8.74. The van der Waals surface area contributed by atoms with Crippen LogP contribution in [0.3, 0.4) is 0 Å². The molecule has 0 radical (unpaired) electrons. The average Bonchev–Trinajstić information content (AvgIpc) is 2.72. The van der Waals surface area contributed by atoms with Crippen LogP contribution in [0, 0.1) is 18.6 Å². The molecule has 0 saturated carbocycles. The molecule has 0 spiro atoms. The lowest BCUT2D eigenvalue weighted by Crippen LogP contribution is -2.35. The predicted octanol–water partition coefficient (Wildman–Crippen LogP) is 2.73. The first kappa shape index (κ1) is 22.8. The molecule has 0 aliphatic rings. The molecule has 0 aliphatic heterocycles. The SMILES string of the molecule is Cc1ccc(OCCCC(=O)OCC(=O)NCC(=O)Nc2ccc(F)c(F)c2)cc1. The molecule has 2 amide bonds. The quantitative estimate of drug-likeness (QED) is 0.455. The van der Waals surface area contributed by atoms with Crippen molar-refractivity contribution in [2.75, 3.05) is 25.1 Å². The summed E-state index contributed by atoms with van der Waals surface area (Å²) in [5.41, 5.74) is 1.17. The van der Waals surface area contributed by atoms with Gasteiger partial charge in [0.1, 0.15) is 5.75 Å². The highest BCUT2D eigenvalue weighted by Crippen LogP contribution is 2.13. The Morgan fingerprint density at radius 3 is 2.40 bits per heavy atom. The Bertz CT molecular complexity index is 887. The Morgan fingerprint density at radius 1 is 0.967 bits per heavy atom. The fraction of sp³-hybridized carbons (Fsp3) is 0.286. The van der Waals surface area contributed by atoms with Crippen LogP contribution in [0.5, 0.6) is 5.75 Å². The maximum Gasteiger partial charge on any atom is 0.306 e. The third kappa shape index (κ3) is 8.26. The lowest BCUT2D eigenvalue weighted by Gasteiger charge is -2.08. The van der Waals surface area contributed by atoms with E-state index in [1.54, 1.807) is 0 Å². The minimum atomic E-state index is -1.10. The molecule has 160 valence electrons. The molecule has 0 bridgehead atoms. The molecule has 0 saturated heterocycles. The van der Waals surface area contributed by atoms with Crippen LogP contribution in [0.25, 0.3) is 0 Å². The van der Waals surface area contributed by atoms with Crippen molar-refractivity contribution in [1.82, 2.24) is 5.32 Å². The molecule has 7 nitrogen and oxygen atoms in total. The highest BCUT2D eigenvalue weighted by atomic mass is 19.2. The summed E-state index contributed by atoms with van der Waals surface area (Å²) in [5, 5.41) is 4.56.